The van der Waals surface area contributed by atoms with Crippen LogP contribution in [0.4, 0.5) is 0 Å². The van der Waals surface area contributed by atoms with Crippen molar-refractivity contribution in [2.24, 2.45) is 0 Å². The smallest absolute Gasteiger partial charge is 0.0562 e. The Bertz CT molecular complexity index is 4100. The van der Waals surface area contributed by atoms with Gasteiger partial charge < -0.3 is 18.3 Å². The maximum absolute atomic E-state index is 2.49. The molecule has 4 heteroatoms. The van der Waals surface area contributed by atoms with Gasteiger partial charge in [0, 0.05) is 59.9 Å². The predicted molar refractivity (Wildman–Crippen MR) is 269 cm³/mol. The first-order chi connectivity index (χ1) is 31.8. The summed E-state index contributed by atoms with van der Waals surface area (Å²) in [5, 5.41) is 9.92. The molecule has 10 aromatic carbocycles. The van der Waals surface area contributed by atoms with Gasteiger partial charge in [-0.25, -0.2) is 0 Å². The van der Waals surface area contributed by atoms with Crippen LogP contribution in [0.5, 0.6) is 0 Å². The molecule has 4 heterocycles. The van der Waals surface area contributed by atoms with Crippen molar-refractivity contribution in [3.63, 3.8) is 0 Å². The first-order valence-electron chi connectivity index (χ1n) is 22.0. The highest BCUT2D eigenvalue weighted by Crippen LogP contribution is 2.44. The van der Waals surface area contributed by atoms with Crippen molar-refractivity contribution in [3.8, 4) is 33.9 Å². The Morgan fingerprint density at radius 3 is 1.05 bits per heavy atom. The van der Waals surface area contributed by atoms with Crippen molar-refractivity contribution in [3.05, 3.63) is 231 Å². The van der Waals surface area contributed by atoms with Gasteiger partial charge in [-0.3, -0.25) is 0 Å². The van der Waals surface area contributed by atoms with Crippen LogP contribution in [0.15, 0.2) is 231 Å². The van der Waals surface area contributed by atoms with Crippen LogP contribution < -0.4 is 0 Å². The van der Waals surface area contributed by atoms with Crippen LogP contribution >= 0.6 is 0 Å². The summed E-state index contributed by atoms with van der Waals surface area (Å²) in [5.74, 6) is 0. The van der Waals surface area contributed by atoms with Crippen LogP contribution in [0.2, 0.25) is 0 Å². The lowest BCUT2D eigenvalue weighted by atomic mass is 10.0. The molecule has 0 spiro atoms. The van der Waals surface area contributed by atoms with E-state index in [0.29, 0.717) is 0 Å². The van der Waals surface area contributed by atoms with Crippen molar-refractivity contribution in [1.29, 1.82) is 0 Å². The van der Waals surface area contributed by atoms with E-state index in [4.69, 9.17) is 0 Å². The summed E-state index contributed by atoms with van der Waals surface area (Å²) < 4.78 is 9.83. The van der Waals surface area contributed by atoms with E-state index >= 15 is 0 Å². The molecule has 4 nitrogen and oxygen atoms in total. The molecule has 0 atom stereocenters. The topological polar surface area (TPSA) is 19.7 Å². The van der Waals surface area contributed by atoms with Crippen molar-refractivity contribution >= 4 is 87.2 Å². The molecule has 14 rings (SSSR count). The normalized spacial score (nSPS) is 12.1. The monoisotopic (exact) mass is 814 g/mol. The molecule has 64 heavy (non-hydrogen) atoms. The van der Waals surface area contributed by atoms with Gasteiger partial charge in [0.1, 0.15) is 0 Å². The highest BCUT2D eigenvalue weighted by atomic mass is 15.0. The van der Waals surface area contributed by atoms with Gasteiger partial charge >= 0.3 is 0 Å². The van der Waals surface area contributed by atoms with E-state index in [0.717, 1.165) is 28.3 Å². The number of para-hydroxylation sites is 8. The maximum Gasteiger partial charge on any atom is 0.0562 e. The molecule has 0 bridgehead atoms. The van der Waals surface area contributed by atoms with Crippen molar-refractivity contribution in [1.82, 2.24) is 18.3 Å². The molecule has 4 aromatic heterocycles. The molecule has 0 saturated heterocycles. The number of aromatic nitrogens is 4. The van der Waals surface area contributed by atoms with E-state index in [1.807, 2.05) is 0 Å². The highest BCUT2D eigenvalue weighted by molar-refractivity contribution is 6.18. The van der Waals surface area contributed by atoms with E-state index < -0.39 is 0 Å². The third kappa shape index (κ3) is 4.82. The minimum atomic E-state index is 1.14. The van der Waals surface area contributed by atoms with E-state index in [2.05, 4.69) is 249 Å². The Morgan fingerprint density at radius 1 is 0.203 bits per heavy atom. The fraction of sp³-hybridized carbons (Fsp3) is 0. The van der Waals surface area contributed by atoms with Gasteiger partial charge in [0.2, 0.25) is 0 Å². The summed E-state index contributed by atoms with van der Waals surface area (Å²) in [6.45, 7) is 0. The molecule has 0 aliphatic rings. The predicted octanol–water partition coefficient (Wildman–Crippen LogP) is 15.7. The Kier molecular flexibility index (Phi) is 7.36. The fourth-order valence-electron chi connectivity index (χ4n) is 11.0. The average molecular weight is 815 g/mol. The summed E-state index contributed by atoms with van der Waals surface area (Å²) in [7, 11) is 0. The molecular weight excluding hydrogens is 777 g/mol. The molecule has 0 unspecified atom stereocenters. The molecule has 0 N–H and O–H groups in total. The van der Waals surface area contributed by atoms with Gasteiger partial charge in [-0.15, -0.1) is 0 Å². The van der Waals surface area contributed by atoms with Crippen LogP contribution in [-0.2, 0) is 0 Å². The van der Waals surface area contributed by atoms with Crippen molar-refractivity contribution < 1.29 is 0 Å². The van der Waals surface area contributed by atoms with Gasteiger partial charge in [-0.2, -0.15) is 0 Å². The number of nitrogens with zero attached hydrogens (tertiary/aromatic N) is 4. The first kappa shape index (κ1) is 35.0. The Labute approximate surface area is 368 Å². The molecule has 0 radical (unpaired) electrons. The summed E-state index contributed by atoms with van der Waals surface area (Å²) in [6.07, 6.45) is 0. The van der Waals surface area contributed by atoms with E-state index in [1.165, 1.54) is 92.8 Å². The number of fused-ring (bicyclic) bond motifs is 12. The Morgan fingerprint density at radius 2 is 0.531 bits per heavy atom. The lowest BCUT2D eigenvalue weighted by Crippen LogP contribution is -2.01. The number of hydrogen-bond donors (Lipinski definition) is 0. The fourth-order valence-corrected chi connectivity index (χ4v) is 11.0. The van der Waals surface area contributed by atoms with Crippen molar-refractivity contribution in [2.45, 2.75) is 0 Å². The van der Waals surface area contributed by atoms with Gasteiger partial charge in [0.05, 0.1) is 61.2 Å². The second kappa shape index (κ2) is 13.4. The third-order valence-corrected chi connectivity index (χ3v) is 13.6. The summed E-state index contributed by atoms with van der Waals surface area (Å²) in [4.78, 5) is 0. The second-order valence-corrected chi connectivity index (χ2v) is 16.9. The zero-order chi connectivity index (χ0) is 41.9. The van der Waals surface area contributed by atoms with Crippen molar-refractivity contribution in [2.75, 3.05) is 0 Å². The van der Waals surface area contributed by atoms with Gasteiger partial charge in [-0.05, 0) is 78.9 Å². The third-order valence-electron chi connectivity index (χ3n) is 13.6. The largest absolute Gasteiger partial charge is 0.309 e. The SMILES string of the molecule is c1ccc(-n2c3ccccc3c3ccccc32)c(-c2ccccc2-n2c3ccccc3c3c(-n4c5ccccc5c5cc(-n6c7ccccc7c7ccccc76)ccc54)cccc32)c1. The van der Waals surface area contributed by atoms with E-state index in [-0.39, 0.29) is 0 Å². The summed E-state index contributed by atoms with van der Waals surface area (Å²) in [5.41, 5.74) is 16.4. The minimum Gasteiger partial charge on any atom is -0.309 e. The molecule has 0 saturated carbocycles. The summed E-state index contributed by atoms with van der Waals surface area (Å²) >= 11 is 0. The van der Waals surface area contributed by atoms with E-state index in [1.54, 1.807) is 0 Å². The Hall–Kier alpha value is -8.60. The Balaban J connectivity index is 1.01. The molecular formula is C60H38N4. The second-order valence-electron chi connectivity index (χ2n) is 16.9. The van der Waals surface area contributed by atoms with Gasteiger partial charge in [0.15, 0.2) is 0 Å². The van der Waals surface area contributed by atoms with Crippen LogP contribution in [0, 0.1) is 0 Å². The molecule has 0 aliphatic heterocycles. The average Bonchev–Trinajstić information content (AvgIpc) is 4.09. The lowest BCUT2D eigenvalue weighted by Gasteiger charge is -2.18. The quantitative estimate of drug-likeness (QED) is 0.165. The molecule has 0 amide bonds. The standard InChI is InChI=1S/C60H38N4/c1-9-26-49-40(18-1)41-19-2-10-27-50(41)61(49)39-36-37-57-48(38-39)46-24-7-15-32-55(46)64(57)59-35-17-34-58-60(59)47-25-8-16-33-56(47)63(58)54-31-14-6-23-45(54)44-22-5-13-30-53(44)62-51-28-11-3-20-42(51)43-21-4-12-29-52(43)62/h1-38H. The van der Waals surface area contributed by atoms with Crippen LogP contribution in [-0.4, -0.2) is 18.3 Å². The van der Waals surface area contributed by atoms with Crippen LogP contribution in [0.25, 0.3) is 121 Å². The number of rotatable bonds is 5. The summed E-state index contributed by atoms with van der Waals surface area (Å²) in [6, 6.07) is 84.5. The van der Waals surface area contributed by atoms with E-state index in [9.17, 15) is 0 Å². The molecule has 298 valence electrons. The highest BCUT2D eigenvalue weighted by Gasteiger charge is 2.23. The maximum atomic E-state index is 2.49. The van der Waals surface area contributed by atoms with Gasteiger partial charge in [0.25, 0.3) is 0 Å². The number of benzene rings is 10. The lowest BCUT2D eigenvalue weighted by molar-refractivity contribution is 1.15. The minimum absolute atomic E-state index is 1.14. The van der Waals surface area contributed by atoms with Crippen LogP contribution in [0.1, 0.15) is 0 Å². The zero-order valence-electron chi connectivity index (χ0n) is 34.7. The molecule has 0 aliphatic carbocycles. The zero-order valence-corrected chi connectivity index (χ0v) is 34.7. The van der Waals surface area contributed by atoms with Crippen LogP contribution in [0.3, 0.4) is 0 Å². The molecule has 14 aromatic rings. The number of hydrogen-bond acceptors (Lipinski definition) is 0. The first-order valence-corrected chi connectivity index (χ1v) is 22.0. The molecule has 0 fully saturated rings. The van der Waals surface area contributed by atoms with Gasteiger partial charge in [-0.1, -0.05) is 152 Å².